The zero-order chi connectivity index (χ0) is 17.5. The van der Waals surface area contributed by atoms with Crippen LogP contribution in [0.4, 0.5) is 0 Å². The number of carbonyl (C=O) groups excluding carboxylic acids is 1. The van der Waals surface area contributed by atoms with Crippen LogP contribution in [0, 0.1) is 11.8 Å². The summed E-state index contributed by atoms with van der Waals surface area (Å²) >= 11 is 0. The van der Waals surface area contributed by atoms with Crippen molar-refractivity contribution in [2.45, 2.75) is 33.1 Å². The van der Waals surface area contributed by atoms with Gasteiger partial charge in [-0.25, -0.2) is 9.79 Å². The average molecular weight is 327 g/mol. The molecule has 4 nitrogen and oxygen atoms in total. The molecular formula is C20H25NO3. The molecule has 0 radical (unpaired) electrons. The Bertz CT molecular complexity index is 648. The fourth-order valence-electron chi connectivity index (χ4n) is 2.67. The van der Waals surface area contributed by atoms with E-state index in [0.29, 0.717) is 29.9 Å². The van der Waals surface area contributed by atoms with Gasteiger partial charge in [-0.05, 0) is 37.2 Å². The maximum atomic E-state index is 12.0. The second kappa shape index (κ2) is 8.48. The standard InChI is InChI=1S/C20H25NO3/c1-5-6-7-17(23-4)13-18-20(22)24-19(21-18)16-10-8-15(9-11-16)12-14(2)3/h5,7-8,10-11,13-15H,1,6,9,12H2,2-4H3/b17-7-,18-13+. The van der Waals surface area contributed by atoms with Crippen molar-refractivity contribution in [2.75, 3.05) is 7.11 Å². The number of carbonyl (C=O) groups is 1. The molecule has 128 valence electrons. The van der Waals surface area contributed by atoms with Gasteiger partial charge in [-0.2, -0.15) is 0 Å². The molecule has 24 heavy (non-hydrogen) atoms. The van der Waals surface area contributed by atoms with E-state index in [1.807, 2.05) is 12.2 Å². The third-order valence-electron chi connectivity index (χ3n) is 3.83. The lowest BCUT2D eigenvalue weighted by Crippen LogP contribution is -2.10. The third-order valence-corrected chi connectivity index (χ3v) is 3.83. The summed E-state index contributed by atoms with van der Waals surface area (Å²) in [6.07, 6.45) is 14.2. The zero-order valence-corrected chi connectivity index (χ0v) is 14.6. The van der Waals surface area contributed by atoms with Crippen molar-refractivity contribution in [3.8, 4) is 0 Å². The molecule has 4 heteroatoms. The molecule has 0 aromatic heterocycles. The number of aliphatic imine (C=N–C) groups is 1. The normalized spacial score (nSPS) is 22.5. The van der Waals surface area contributed by atoms with Crippen LogP contribution in [0.25, 0.3) is 0 Å². The number of methoxy groups -OCH3 is 1. The Morgan fingerprint density at radius 3 is 2.92 bits per heavy atom. The lowest BCUT2D eigenvalue weighted by atomic mass is 9.89. The van der Waals surface area contributed by atoms with Gasteiger partial charge in [0.1, 0.15) is 5.76 Å². The third kappa shape index (κ3) is 4.82. The molecular weight excluding hydrogens is 302 g/mol. The minimum atomic E-state index is -0.454. The number of esters is 1. The topological polar surface area (TPSA) is 47.9 Å². The Kier molecular flexibility index (Phi) is 6.36. The summed E-state index contributed by atoms with van der Waals surface area (Å²) in [6.45, 7) is 8.10. The molecule has 0 aromatic rings. The first kappa shape index (κ1) is 18.0. The van der Waals surface area contributed by atoms with Gasteiger partial charge in [-0.3, -0.25) is 0 Å². The van der Waals surface area contributed by atoms with Gasteiger partial charge in [0.15, 0.2) is 5.70 Å². The molecule has 2 rings (SSSR count). The Morgan fingerprint density at radius 2 is 2.33 bits per heavy atom. The Hall–Kier alpha value is -2.36. The highest BCUT2D eigenvalue weighted by Gasteiger charge is 2.26. The number of allylic oxidation sites excluding steroid dienone is 5. The molecule has 1 aliphatic carbocycles. The first-order chi connectivity index (χ1) is 11.5. The van der Waals surface area contributed by atoms with Crippen LogP contribution < -0.4 is 0 Å². The molecule has 1 unspecified atom stereocenters. The van der Waals surface area contributed by atoms with Crippen LogP contribution in [0.2, 0.25) is 0 Å². The summed E-state index contributed by atoms with van der Waals surface area (Å²) in [5.74, 6) is 1.69. The molecule has 0 N–H and O–H groups in total. The monoisotopic (exact) mass is 327 g/mol. The maximum absolute atomic E-state index is 12.0. The number of ether oxygens (including phenoxy) is 2. The summed E-state index contributed by atoms with van der Waals surface area (Å²) in [5.41, 5.74) is 1.11. The molecule has 1 aliphatic heterocycles. The highest BCUT2D eigenvalue weighted by molar-refractivity contribution is 6.12. The van der Waals surface area contributed by atoms with E-state index >= 15 is 0 Å². The SMILES string of the molecule is C=CC/C=C(/C=C1/N=C(C2=CCC(CC(C)C)C=C2)OC1=O)OC. The Balaban J connectivity index is 2.11. The summed E-state index contributed by atoms with van der Waals surface area (Å²) in [5, 5.41) is 0. The summed E-state index contributed by atoms with van der Waals surface area (Å²) < 4.78 is 10.5. The predicted octanol–water partition coefficient (Wildman–Crippen LogP) is 4.48. The smallest absolute Gasteiger partial charge is 0.363 e. The van der Waals surface area contributed by atoms with Gasteiger partial charge in [-0.15, -0.1) is 6.58 Å². The van der Waals surface area contributed by atoms with Gasteiger partial charge < -0.3 is 9.47 Å². The van der Waals surface area contributed by atoms with E-state index in [4.69, 9.17) is 9.47 Å². The molecule has 0 bridgehead atoms. The average Bonchev–Trinajstić information content (AvgIpc) is 2.92. The van der Waals surface area contributed by atoms with Crippen LogP contribution in [0.15, 0.2) is 65.1 Å². The van der Waals surface area contributed by atoms with Crippen LogP contribution in [-0.2, 0) is 14.3 Å². The van der Waals surface area contributed by atoms with Gasteiger partial charge in [0.05, 0.1) is 7.11 Å². The molecule has 1 atom stereocenters. The van der Waals surface area contributed by atoms with E-state index in [1.165, 1.54) is 0 Å². The van der Waals surface area contributed by atoms with Crippen LogP contribution >= 0.6 is 0 Å². The molecule has 1 heterocycles. The van der Waals surface area contributed by atoms with E-state index in [0.717, 1.165) is 18.4 Å². The van der Waals surface area contributed by atoms with Crippen molar-refractivity contribution in [1.29, 1.82) is 0 Å². The predicted molar refractivity (Wildman–Crippen MR) is 96.3 cm³/mol. The Labute approximate surface area is 143 Å². The largest absolute Gasteiger partial charge is 0.497 e. The highest BCUT2D eigenvalue weighted by Crippen LogP contribution is 2.26. The minimum Gasteiger partial charge on any atom is -0.497 e. The van der Waals surface area contributed by atoms with E-state index in [-0.39, 0.29) is 5.70 Å². The quantitative estimate of drug-likeness (QED) is 0.300. The van der Waals surface area contributed by atoms with Gasteiger partial charge in [0.25, 0.3) is 0 Å². The van der Waals surface area contributed by atoms with Crippen molar-refractivity contribution in [1.82, 2.24) is 0 Å². The van der Waals surface area contributed by atoms with Crippen molar-refractivity contribution in [3.63, 3.8) is 0 Å². The van der Waals surface area contributed by atoms with Crippen LogP contribution in [0.1, 0.15) is 33.1 Å². The second-order valence-corrected chi connectivity index (χ2v) is 6.31. The van der Waals surface area contributed by atoms with E-state index in [9.17, 15) is 4.79 Å². The number of cyclic esters (lactones) is 1. The maximum Gasteiger partial charge on any atom is 0.363 e. The molecule has 0 spiro atoms. The van der Waals surface area contributed by atoms with Crippen molar-refractivity contribution in [2.24, 2.45) is 16.8 Å². The fourth-order valence-corrected chi connectivity index (χ4v) is 2.67. The van der Waals surface area contributed by atoms with Crippen molar-refractivity contribution < 1.29 is 14.3 Å². The van der Waals surface area contributed by atoms with Gasteiger partial charge in [0, 0.05) is 11.6 Å². The highest BCUT2D eigenvalue weighted by atomic mass is 16.6. The number of hydrogen-bond acceptors (Lipinski definition) is 4. The summed E-state index contributed by atoms with van der Waals surface area (Å²) in [4.78, 5) is 16.3. The van der Waals surface area contributed by atoms with E-state index in [2.05, 4.69) is 37.6 Å². The molecule has 0 saturated heterocycles. The first-order valence-corrected chi connectivity index (χ1v) is 8.29. The van der Waals surface area contributed by atoms with Crippen LogP contribution in [0.3, 0.4) is 0 Å². The van der Waals surface area contributed by atoms with Gasteiger partial charge in [0.2, 0.25) is 5.90 Å². The molecule has 0 amide bonds. The molecule has 0 saturated carbocycles. The van der Waals surface area contributed by atoms with Gasteiger partial charge >= 0.3 is 5.97 Å². The molecule has 0 fully saturated rings. The molecule has 2 aliphatic rings. The molecule has 0 aromatic carbocycles. The number of rotatable bonds is 7. The van der Waals surface area contributed by atoms with Gasteiger partial charge in [-0.1, -0.05) is 38.2 Å². The first-order valence-electron chi connectivity index (χ1n) is 8.29. The second-order valence-electron chi connectivity index (χ2n) is 6.31. The Morgan fingerprint density at radius 1 is 1.54 bits per heavy atom. The van der Waals surface area contributed by atoms with E-state index < -0.39 is 5.97 Å². The lowest BCUT2D eigenvalue weighted by molar-refractivity contribution is -0.130. The summed E-state index contributed by atoms with van der Waals surface area (Å²) in [6, 6.07) is 0. The number of hydrogen-bond donors (Lipinski definition) is 0. The van der Waals surface area contributed by atoms with Crippen LogP contribution in [-0.4, -0.2) is 19.0 Å². The zero-order valence-electron chi connectivity index (χ0n) is 14.6. The van der Waals surface area contributed by atoms with E-state index in [1.54, 1.807) is 19.3 Å². The summed E-state index contributed by atoms with van der Waals surface area (Å²) in [7, 11) is 1.55. The van der Waals surface area contributed by atoms with Crippen molar-refractivity contribution >= 4 is 11.9 Å². The van der Waals surface area contributed by atoms with Crippen molar-refractivity contribution in [3.05, 3.63) is 60.1 Å². The minimum absolute atomic E-state index is 0.251. The van der Waals surface area contributed by atoms with Crippen LogP contribution in [0.5, 0.6) is 0 Å². The number of nitrogens with zero attached hydrogens (tertiary/aromatic N) is 1. The lowest BCUT2D eigenvalue weighted by Gasteiger charge is -2.17. The fraction of sp³-hybridized carbons (Fsp3) is 0.400.